The van der Waals surface area contributed by atoms with E-state index in [0.29, 0.717) is 12.0 Å². The summed E-state index contributed by atoms with van der Waals surface area (Å²) in [4.78, 5) is 8.63. The molecule has 0 saturated carbocycles. The summed E-state index contributed by atoms with van der Waals surface area (Å²) in [5.41, 5.74) is 1.39. The predicted octanol–water partition coefficient (Wildman–Crippen LogP) is 4.78. The van der Waals surface area contributed by atoms with Crippen LogP contribution >= 0.6 is 11.3 Å². The Morgan fingerprint density at radius 3 is 2.33 bits per heavy atom. The summed E-state index contributed by atoms with van der Waals surface area (Å²) in [5, 5.41) is 4.75. The third-order valence-electron chi connectivity index (χ3n) is 3.71. The molecule has 0 radical (unpaired) electrons. The average molecular weight is 312 g/mol. The normalized spacial score (nSPS) is 13.8. The first-order valence-corrected chi connectivity index (χ1v) is 8.94. The van der Waals surface area contributed by atoms with Crippen molar-refractivity contribution in [1.82, 2.24) is 10.3 Å². The van der Waals surface area contributed by atoms with Gasteiger partial charge in [0.2, 0.25) is 0 Å². The molecule has 0 aromatic carbocycles. The third-order valence-corrected chi connectivity index (χ3v) is 4.87. The van der Waals surface area contributed by atoms with Crippen LogP contribution in [0.25, 0.3) is 0 Å². The van der Waals surface area contributed by atoms with Gasteiger partial charge in [0.05, 0.1) is 5.69 Å². The lowest BCUT2D eigenvalue weighted by atomic mass is 10.1. The summed E-state index contributed by atoms with van der Waals surface area (Å²) in [7, 11) is 2.17. The van der Waals surface area contributed by atoms with Gasteiger partial charge in [-0.1, -0.05) is 27.2 Å². The molecule has 1 atom stereocenters. The Bertz CT molecular complexity index is 432. The first-order chi connectivity index (χ1) is 9.65. The maximum Gasteiger partial charge on any atom is 0.185 e. The van der Waals surface area contributed by atoms with Gasteiger partial charge < -0.3 is 10.2 Å². The highest BCUT2D eigenvalue weighted by molar-refractivity contribution is 7.15. The van der Waals surface area contributed by atoms with Crippen molar-refractivity contribution in [2.45, 2.75) is 85.4 Å². The predicted molar refractivity (Wildman–Crippen MR) is 95.6 cm³/mol. The average Bonchev–Trinajstić information content (AvgIpc) is 2.79. The van der Waals surface area contributed by atoms with Crippen LogP contribution in [0.2, 0.25) is 0 Å². The minimum atomic E-state index is 0.139. The Balaban J connectivity index is 2.93. The van der Waals surface area contributed by atoms with E-state index in [0.717, 1.165) is 11.7 Å². The molecule has 0 bridgehead atoms. The van der Waals surface area contributed by atoms with Gasteiger partial charge in [0, 0.05) is 30.1 Å². The van der Waals surface area contributed by atoms with Gasteiger partial charge in [-0.3, -0.25) is 0 Å². The van der Waals surface area contributed by atoms with Crippen LogP contribution in [0.1, 0.15) is 77.8 Å². The Labute approximate surface area is 135 Å². The van der Waals surface area contributed by atoms with E-state index in [1.165, 1.54) is 23.4 Å². The van der Waals surface area contributed by atoms with Gasteiger partial charge in [-0.05, 0) is 40.0 Å². The SMILES string of the molecule is CCCC(C)N(C)c1nc(C(C)C)c(CNC(C)(C)C)s1. The fourth-order valence-corrected chi connectivity index (χ4v) is 3.44. The number of nitrogens with one attached hydrogen (secondary N) is 1. The maximum atomic E-state index is 4.92. The van der Waals surface area contributed by atoms with Crippen LogP contribution < -0.4 is 10.2 Å². The van der Waals surface area contributed by atoms with E-state index in [4.69, 9.17) is 4.98 Å². The zero-order valence-corrected chi connectivity index (χ0v) is 15.9. The summed E-state index contributed by atoms with van der Waals surface area (Å²) in [6.07, 6.45) is 2.43. The largest absolute Gasteiger partial charge is 0.348 e. The van der Waals surface area contributed by atoms with Crippen molar-refractivity contribution in [3.8, 4) is 0 Å². The number of hydrogen-bond acceptors (Lipinski definition) is 4. The summed E-state index contributed by atoms with van der Waals surface area (Å²) in [5.74, 6) is 0.474. The molecule has 4 heteroatoms. The molecule has 1 rings (SSSR count). The highest BCUT2D eigenvalue weighted by Crippen LogP contribution is 2.31. The van der Waals surface area contributed by atoms with Crippen molar-refractivity contribution in [3.63, 3.8) is 0 Å². The number of rotatable bonds is 7. The van der Waals surface area contributed by atoms with E-state index < -0.39 is 0 Å². The molecule has 0 aliphatic rings. The van der Waals surface area contributed by atoms with Crippen LogP contribution in [-0.2, 0) is 6.54 Å². The van der Waals surface area contributed by atoms with E-state index in [1.54, 1.807) is 0 Å². The quantitative estimate of drug-likeness (QED) is 0.785. The van der Waals surface area contributed by atoms with E-state index in [2.05, 4.69) is 65.7 Å². The molecule has 0 saturated heterocycles. The molecule has 1 heterocycles. The van der Waals surface area contributed by atoms with E-state index in [1.807, 2.05) is 11.3 Å². The summed E-state index contributed by atoms with van der Waals surface area (Å²) < 4.78 is 0. The smallest absolute Gasteiger partial charge is 0.185 e. The van der Waals surface area contributed by atoms with Crippen LogP contribution in [0, 0.1) is 0 Å². The Kier molecular flexibility index (Phi) is 6.67. The lowest BCUT2D eigenvalue weighted by Gasteiger charge is -2.23. The number of aromatic nitrogens is 1. The zero-order valence-electron chi connectivity index (χ0n) is 15.1. The van der Waals surface area contributed by atoms with Crippen molar-refractivity contribution in [2.75, 3.05) is 11.9 Å². The van der Waals surface area contributed by atoms with Crippen LogP contribution in [0.5, 0.6) is 0 Å². The Morgan fingerprint density at radius 2 is 1.86 bits per heavy atom. The van der Waals surface area contributed by atoms with Gasteiger partial charge in [-0.2, -0.15) is 0 Å². The lowest BCUT2D eigenvalue weighted by Crippen LogP contribution is -2.35. The first kappa shape index (κ1) is 18.4. The topological polar surface area (TPSA) is 28.2 Å². The maximum absolute atomic E-state index is 4.92. The molecule has 3 nitrogen and oxygen atoms in total. The standard InChI is InChI=1S/C17H33N3S/c1-9-10-13(4)20(8)16-19-15(12(2)3)14(21-16)11-18-17(5,6)7/h12-13,18H,9-11H2,1-8H3. The second kappa shape index (κ2) is 7.59. The van der Waals surface area contributed by atoms with Crippen molar-refractivity contribution in [2.24, 2.45) is 0 Å². The molecule has 1 aromatic heterocycles. The fraction of sp³-hybridized carbons (Fsp3) is 0.824. The molecule has 0 amide bonds. The molecule has 0 aliphatic carbocycles. The van der Waals surface area contributed by atoms with E-state index in [9.17, 15) is 0 Å². The van der Waals surface area contributed by atoms with Crippen molar-refractivity contribution in [1.29, 1.82) is 0 Å². The molecule has 122 valence electrons. The number of nitrogens with zero attached hydrogens (tertiary/aromatic N) is 2. The van der Waals surface area contributed by atoms with Crippen molar-refractivity contribution < 1.29 is 0 Å². The molecule has 0 spiro atoms. The van der Waals surface area contributed by atoms with Crippen LogP contribution in [0.15, 0.2) is 0 Å². The Hall–Kier alpha value is -0.610. The number of anilines is 1. The second-order valence-electron chi connectivity index (χ2n) is 7.31. The van der Waals surface area contributed by atoms with Crippen LogP contribution in [0.3, 0.4) is 0 Å². The van der Waals surface area contributed by atoms with Crippen LogP contribution in [-0.4, -0.2) is 23.6 Å². The van der Waals surface area contributed by atoms with Crippen LogP contribution in [0.4, 0.5) is 5.13 Å². The van der Waals surface area contributed by atoms with Crippen molar-refractivity contribution >= 4 is 16.5 Å². The molecule has 1 aromatic rings. The second-order valence-corrected chi connectivity index (χ2v) is 8.37. The molecule has 1 unspecified atom stereocenters. The fourth-order valence-electron chi connectivity index (χ4n) is 2.22. The van der Waals surface area contributed by atoms with Crippen molar-refractivity contribution in [3.05, 3.63) is 10.6 Å². The van der Waals surface area contributed by atoms with Gasteiger partial charge >= 0.3 is 0 Å². The minimum absolute atomic E-state index is 0.139. The highest BCUT2D eigenvalue weighted by Gasteiger charge is 2.20. The Morgan fingerprint density at radius 1 is 1.24 bits per heavy atom. The van der Waals surface area contributed by atoms with E-state index in [-0.39, 0.29) is 5.54 Å². The number of thiazole rings is 1. The van der Waals surface area contributed by atoms with Gasteiger partial charge in [0.25, 0.3) is 0 Å². The van der Waals surface area contributed by atoms with Gasteiger partial charge in [0.15, 0.2) is 5.13 Å². The molecule has 0 fully saturated rings. The molecular formula is C17H33N3S. The number of hydrogen-bond donors (Lipinski definition) is 1. The third kappa shape index (κ3) is 5.59. The van der Waals surface area contributed by atoms with E-state index >= 15 is 0 Å². The molecular weight excluding hydrogens is 278 g/mol. The molecule has 1 N–H and O–H groups in total. The lowest BCUT2D eigenvalue weighted by molar-refractivity contribution is 0.425. The summed E-state index contributed by atoms with van der Waals surface area (Å²) in [6.45, 7) is 16.5. The summed E-state index contributed by atoms with van der Waals surface area (Å²) >= 11 is 1.84. The van der Waals surface area contributed by atoms with Gasteiger partial charge in [-0.15, -0.1) is 11.3 Å². The summed E-state index contributed by atoms with van der Waals surface area (Å²) in [6, 6.07) is 0.546. The zero-order chi connectivity index (χ0) is 16.2. The molecule has 21 heavy (non-hydrogen) atoms. The molecule has 0 aliphatic heterocycles. The minimum Gasteiger partial charge on any atom is -0.348 e. The highest BCUT2D eigenvalue weighted by atomic mass is 32.1. The first-order valence-electron chi connectivity index (χ1n) is 8.13. The van der Waals surface area contributed by atoms with Gasteiger partial charge in [-0.25, -0.2) is 4.98 Å². The monoisotopic (exact) mass is 311 g/mol. The van der Waals surface area contributed by atoms with Gasteiger partial charge in [0.1, 0.15) is 0 Å².